The smallest absolute Gasteiger partial charge is 0.332 e. The van der Waals surface area contributed by atoms with Crippen molar-refractivity contribution in [1.82, 2.24) is 57.4 Å². The van der Waals surface area contributed by atoms with E-state index in [1.807, 2.05) is 52.1 Å². The van der Waals surface area contributed by atoms with Crippen LogP contribution in [-0.4, -0.2) is 132 Å². The van der Waals surface area contributed by atoms with E-state index in [0.717, 1.165) is 65.6 Å². The van der Waals surface area contributed by atoms with Gasteiger partial charge in [0.1, 0.15) is 18.6 Å². The Morgan fingerprint density at radius 3 is 1.56 bits per heavy atom. The van der Waals surface area contributed by atoms with E-state index in [2.05, 4.69) is 91.4 Å². The van der Waals surface area contributed by atoms with Gasteiger partial charge in [0.2, 0.25) is 0 Å². The molecule has 0 spiro atoms. The van der Waals surface area contributed by atoms with Gasteiger partial charge in [0.05, 0.1) is 34.6 Å². The molecule has 2 fully saturated rings. The van der Waals surface area contributed by atoms with Gasteiger partial charge in [0, 0.05) is 85.8 Å². The molecule has 2 aliphatic rings. The number of fused-ring (bicyclic) bond motifs is 4. The van der Waals surface area contributed by atoms with E-state index in [1.165, 1.54) is 57.4 Å². The molecule has 8 aromatic heterocycles. The van der Waals surface area contributed by atoms with Crippen LogP contribution in [0, 0.1) is 0 Å². The van der Waals surface area contributed by atoms with Crippen molar-refractivity contribution in [2.75, 3.05) is 39.6 Å². The van der Waals surface area contributed by atoms with Crippen molar-refractivity contribution in [3.63, 3.8) is 0 Å². The van der Waals surface area contributed by atoms with Crippen molar-refractivity contribution < 1.29 is 18.9 Å². The third kappa shape index (κ3) is 15.4. The van der Waals surface area contributed by atoms with Gasteiger partial charge in [-0.05, 0) is 62.0 Å². The van der Waals surface area contributed by atoms with Gasteiger partial charge in [-0.2, -0.15) is 5.10 Å². The second-order valence-corrected chi connectivity index (χ2v) is 48.8. The molecule has 0 unspecified atom stereocenters. The quantitative estimate of drug-likeness (QED) is 0.0337. The van der Waals surface area contributed by atoms with Crippen molar-refractivity contribution in [2.45, 2.75) is 175 Å². The van der Waals surface area contributed by atoms with Gasteiger partial charge in [0.15, 0.2) is 11.3 Å². The normalized spacial score (nSPS) is 15.0. The molecule has 0 atom stereocenters. The number of pyridine rings is 2. The molecular weight excluding hydrogens is 1170 g/mol. The summed E-state index contributed by atoms with van der Waals surface area (Å²) in [6.45, 7) is 25.3. The minimum Gasteiger partial charge on any atom is -0.381 e. The summed E-state index contributed by atoms with van der Waals surface area (Å²) in [6.07, 6.45) is 26.5. The molecule has 2 saturated heterocycles. The Morgan fingerprint density at radius 2 is 1.06 bits per heavy atom. The van der Waals surface area contributed by atoms with E-state index in [1.54, 1.807) is 46.5 Å². The van der Waals surface area contributed by atoms with Gasteiger partial charge >= 0.3 is 151 Å². The minimum atomic E-state index is -2.37. The number of nitrogens with zero attached hydrogens (tertiary/aromatic N) is 12. The zero-order valence-corrected chi connectivity index (χ0v) is 54.7. The largest absolute Gasteiger partial charge is 0.381 e. The predicted molar refractivity (Wildman–Crippen MR) is 329 cm³/mol. The molecule has 8 aromatic rings. The van der Waals surface area contributed by atoms with Crippen LogP contribution < -0.4 is 15.0 Å². The summed E-state index contributed by atoms with van der Waals surface area (Å²) >= 11 is 3.71. The Morgan fingerprint density at radius 1 is 0.600 bits per heavy atom. The molecule has 0 aliphatic carbocycles. The standard InChI is InChI=1S/C23H30N6O3Si.C17H26ClN3O3Si.C6H4N3.3C4H9.Sn/c1-33(2,3)13-12-32-16-27-20-5-4-19(18-14-25-28-9-8-24-15-21(18)28)26-22(20)29(23(27)30)17-6-10-31-11-7-17;1-25(2,3)11-10-24-12-20-14-4-5-15(18)19-16(14)21(17(20)22)13-6-8-23-9-7-13;1-2-8-9-4-3-7-5-6(1)9;3*1-3-4-2;/h4-5,8-9,14-15,17H,6-7,10-13,16H2,1-3H3;4-5,13H,6-12H2,1-3H3;2-5H;3*1,3-4H2,2H3;. The summed E-state index contributed by atoms with van der Waals surface area (Å²) in [5, 5.41) is 9.44. The molecule has 0 bridgehead atoms. The Hall–Kier alpha value is -4.56. The van der Waals surface area contributed by atoms with Crippen molar-refractivity contribution in [1.29, 1.82) is 0 Å². The molecule has 0 N–H and O–H groups in total. The number of ether oxygens (including phenoxy) is 4. The Labute approximate surface area is 482 Å². The summed E-state index contributed by atoms with van der Waals surface area (Å²) in [5.74, 6) is 0. The molecule has 10 rings (SSSR count). The van der Waals surface area contributed by atoms with Gasteiger partial charge < -0.3 is 18.9 Å². The molecular formula is C58H87ClN12O6Si2Sn. The number of rotatable bonds is 23. The third-order valence-corrected chi connectivity index (χ3v) is 34.9. The van der Waals surface area contributed by atoms with Gasteiger partial charge in [-0.1, -0.05) is 50.9 Å². The summed E-state index contributed by atoms with van der Waals surface area (Å²) in [6, 6.07) is 9.77. The molecule has 0 saturated carbocycles. The van der Waals surface area contributed by atoms with Crippen molar-refractivity contribution in [3.05, 3.63) is 100.0 Å². The van der Waals surface area contributed by atoms with Crippen LogP contribution in [0.2, 0.25) is 69.8 Å². The second kappa shape index (κ2) is 28.6. The fourth-order valence-corrected chi connectivity index (χ4v) is 28.8. The first-order chi connectivity index (χ1) is 38.6. The zero-order valence-electron chi connectivity index (χ0n) is 49.0. The van der Waals surface area contributed by atoms with Gasteiger partial charge in [-0.25, -0.2) is 24.1 Å². The van der Waals surface area contributed by atoms with E-state index in [4.69, 9.17) is 35.5 Å². The van der Waals surface area contributed by atoms with Crippen molar-refractivity contribution in [3.8, 4) is 11.3 Å². The van der Waals surface area contributed by atoms with E-state index in [0.29, 0.717) is 56.1 Å². The molecule has 0 aromatic carbocycles. The first kappa shape index (κ1) is 61.5. The van der Waals surface area contributed by atoms with E-state index >= 15 is 0 Å². The molecule has 10 heterocycles. The molecule has 0 amide bonds. The summed E-state index contributed by atoms with van der Waals surface area (Å²) in [7, 11) is -2.35. The maximum absolute atomic E-state index is 13.5. The van der Waals surface area contributed by atoms with Crippen LogP contribution in [0.1, 0.15) is 97.1 Å². The third-order valence-electron chi connectivity index (χ3n) is 15.7. The summed E-state index contributed by atoms with van der Waals surface area (Å²) in [4.78, 5) is 44.5. The number of aromatic nitrogens is 12. The second-order valence-electron chi connectivity index (χ2n) is 24.1. The zero-order chi connectivity index (χ0) is 56.9. The summed E-state index contributed by atoms with van der Waals surface area (Å²) in [5.41, 5.74) is 6.55. The first-order valence-electron chi connectivity index (χ1n) is 29.3. The van der Waals surface area contributed by atoms with Crippen LogP contribution in [0.3, 0.4) is 0 Å². The van der Waals surface area contributed by atoms with Crippen molar-refractivity contribution in [2.24, 2.45) is 0 Å². The van der Waals surface area contributed by atoms with Crippen LogP contribution in [0.4, 0.5) is 0 Å². The molecule has 80 heavy (non-hydrogen) atoms. The number of hydrogen-bond donors (Lipinski definition) is 0. The monoisotopic (exact) mass is 1260 g/mol. The minimum absolute atomic E-state index is 0.0605. The topological polar surface area (TPSA) is 177 Å². The number of unbranched alkanes of at least 4 members (excludes halogenated alkanes) is 3. The van der Waals surface area contributed by atoms with E-state index < -0.39 is 34.5 Å². The fourth-order valence-electron chi connectivity index (χ4n) is 10.9. The first-order valence-corrected chi connectivity index (χ1v) is 44.6. The van der Waals surface area contributed by atoms with E-state index in [9.17, 15) is 9.59 Å². The van der Waals surface area contributed by atoms with Crippen LogP contribution in [0.5, 0.6) is 0 Å². The molecule has 18 nitrogen and oxygen atoms in total. The van der Waals surface area contributed by atoms with Crippen LogP contribution in [-0.2, 0) is 32.4 Å². The fraction of sp³-hybridized carbons (Fsp3) is 0.586. The molecule has 0 radical (unpaired) electrons. The van der Waals surface area contributed by atoms with Gasteiger partial charge in [-0.15, -0.1) is 0 Å². The van der Waals surface area contributed by atoms with Crippen molar-refractivity contribution >= 4 is 83.1 Å². The SMILES string of the molecule is CCC[CH2][Sn]([CH2]CCC)([CH2]CCC)[c]1cnn2ccncc12.C[Si](C)(C)CCOCn1c(=O)n(C2CCOCC2)c2nc(-c3cnn4ccncc34)ccc21.C[Si](C)(C)CCOCn1c(=O)n(C2CCOCC2)c2nc(Cl)ccc21. The van der Waals surface area contributed by atoms with Gasteiger partial charge in [0.25, 0.3) is 0 Å². The number of imidazole rings is 2. The Kier molecular flexibility index (Phi) is 22.0. The molecule has 434 valence electrons. The van der Waals surface area contributed by atoms with Gasteiger partial charge in [-0.3, -0.25) is 23.3 Å². The average molecular weight is 1260 g/mol. The predicted octanol–water partition coefficient (Wildman–Crippen LogP) is 11.9. The number of halogens is 1. The van der Waals surface area contributed by atoms with E-state index in [-0.39, 0.29) is 36.9 Å². The van der Waals surface area contributed by atoms with Crippen LogP contribution >= 0.6 is 11.6 Å². The maximum Gasteiger partial charge on any atom is 0.332 e. The van der Waals surface area contributed by atoms with Crippen LogP contribution in [0.15, 0.2) is 83.4 Å². The molecule has 2 aliphatic heterocycles. The maximum atomic E-state index is 13.5. The number of hydrogen-bond acceptors (Lipinski definition) is 12. The Bertz CT molecular complexity index is 3340. The molecule has 22 heteroatoms. The van der Waals surface area contributed by atoms with Crippen LogP contribution in [0.25, 0.3) is 44.6 Å². The Balaban J connectivity index is 0.000000162. The average Bonchev–Trinajstić information content (AvgIpc) is 4.34. The summed E-state index contributed by atoms with van der Waals surface area (Å²) < 4.78 is 39.6.